The zero-order valence-corrected chi connectivity index (χ0v) is 18.1. The number of carbonyl (C=O) groups excluding carboxylic acids is 1. The lowest BCUT2D eigenvalue weighted by atomic mass is 10.3. The van der Waals surface area contributed by atoms with Gasteiger partial charge >= 0.3 is 5.97 Å². The van der Waals surface area contributed by atoms with E-state index in [9.17, 15) is 4.79 Å². The number of fused-ring (bicyclic) bond motifs is 1. The van der Waals surface area contributed by atoms with Gasteiger partial charge in [0.15, 0.2) is 5.96 Å². The molecule has 0 spiro atoms. The molecule has 9 heteroatoms. The van der Waals surface area contributed by atoms with E-state index in [1.165, 1.54) is 11.3 Å². The summed E-state index contributed by atoms with van der Waals surface area (Å²) in [5.74, 6) is 0.308. The number of imidazole rings is 1. The normalized spacial score (nSPS) is 12.8. The number of rotatable bonds is 6. The van der Waals surface area contributed by atoms with E-state index in [-0.39, 0.29) is 12.0 Å². The van der Waals surface area contributed by atoms with Crippen LogP contribution in [0.25, 0.3) is 5.65 Å². The first-order valence-corrected chi connectivity index (χ1v) is 10.3. The third-order valence-corrected chi connectivity index (χ3v) is 5.72. The predicted octanol–water partition coefficient (Wildman–Crippen LogP) is 3.01. The first kappa shape index (κ1) is 20.8. The molecule has 0 radical (unpaired) electrons. The van der Waals surface area contributed by atoms with Gasteiger partial charge in [-0.05, 0) is 39.8 Å². The molecule has 0 aliphatic carbocycles. The highest BCUT2D eigenvalue weighted by Gasteiger charge is 2.20. The summed E-state index contributed by atoms with van der Waals surface area (Å²) >= 11 is 1.34. The third kappa shape index (κ3) is 4.73. The van der Waals surface area contributed by atoms with Gasteiger partial charge in [-0.1, -0.05) is 6.07 Å². The molecule has 2 N–H and O–H groups in total. The van der Waals surface area contributed by atoms with Crippen molar-refractivity contribution in [3.63, 3.8) is 0 Å². The third-order valence-electron chi connectivity index (χ3n) is 4.40. The molecule has 0 amide bonds. The van der Waals surface area contributed by atoms with Crippen LogP contribution in [-0.4, -0.2) is 40.0 Å². The Morgan fingerprint density at radius 2 is 2.14 bits per heavy atom. The van der Waals surface area contributed by atoms with Crippen molar-refractivity contribution in [2.75, 3.05) is 13.7 Å². The van der Waals surface area contributed by atoms with E-state index in [1.807, 2.05) is 32.2 Å². The van der Waals surface area contributed by atoms with Gasteiger partial charge in [0.05, 0.1) is 30.6 Å². The lowest BCUT2D eigenvalue weighted by Crippen LogP contribution is -2.38. The average Bonchev–Trinajstić information content (AvgIpc) is 3.29. The number of aliphatic imine (C=N–C) groups is 1. The Labute approximate surface area is 174 Å². The summed E-state index contributed by atoms with van der Waals surface area (Å²) in [5, 5.41) is 7.39. The van der Waals surface area contributed by atoms with Crippen LogP contribution in [0.2, 0.25) is 0 Å². The molecule has 8 nitrogen and oxygen atoms in total. The van der Waals surface area contributed by atoms with E-state index in [2.05, 4.69) is 43.0 Å². The summed E-state index contributed by atoms with van der Waals surface area (Å²) in [4.78, 5) is 26.0. The fraction of sp³-hybridized carbons (Fsp3) is 0.400. The van der Waals surface area contributed by atoms with Crippen molar-refractivity contribution in [1.82, 2.24) is 25.0 Å². The van der Waals surface area contributed by atoms with Crippen LogP contribution in [-0.2, 0) is 11.3 Å². The molecule has 0 aliphatic heterocycles. The fourth-order valence-corrected chi connectivity index (χ4v) is 3.87. The number of hydrogen-bond donors (Lipinski definition) is 2. The van der Waals surface area contributed by atoms with Gasteiger partial charge < -0.3 is 19.8 Å². The second-order valence-electron chi connectivity index (χ2n) is 6.61. The first-order valence-electron chi connectivity index (χ1n) is 9.48. The fourth-order valence-electron chi connectivity index (χ4n) is 2.91. The highest BCUT2D eigenvalue weighted by atomic mass is 32.1. The van der Waals surface area contributed by atoms with Gasteiger partial charge in [0.1, 0.15) is 15.5 Å². The van der Waals surface area contributed by atoms with Gasteiger partial charge in [0.2, 0.25) is 0 Å². The Balaban J connectivity index is 1.64. The average molecular weight is 415 g/mol. The number of guanidine groups is 1. The summed E-state index contributed by atoms with van der Waals surface area (Å²) in [5.41, 5.74) is 3.65. The second kappa shape index (κ2) is 9.04. The molecule has 0 aliphatic rings. The highest BCUT2D eigenvalue weighted by Crippen LogP contribution is 2.24. The lowest BCUT2D eigenvalue weighted by molar-refractivity contribution is 0.0531. The summed E-state index contributed by atoms with van der Waals surface area (Å²) in [6.45, 7) is 8.52. The Morgan fingerprint density at radius 1 is 1.34 bits per heavy atom. The molecular weight excluding hydrogens is 388 g/mol. The van der Waals surface area contributed by atoms with E-state index in [0.29, 0.717) is 29.7 Å². The summed E-state index contributed by atoms with van der Waals surface area (Å²) in [7, 11) is 1.72. The molecule has 0 fully saturated rings. The number of pyridine rings is 1. The van der Waals surface area contributed by atoms with Crippen LogP contribution >= 0.6 is 11.3 Å². The van der Waals surface area contributed by atoms with Crippen molar-refractivity contribution >= 4 is 28.9 Å². The van der Waals surface area contributed by atoms with Gasteiger partial charge in [-0.15, -0.1) is 11.3 Å². The Hall–Kier alpha value is -2.94. The minimum atomic E-state index is -0.328. The van der Waals surface area contributed by atoms with Crippen molar-refractivity contribution in [1.29, 1.82) is 0 Å². The van der Waals surface area contributed by atoms with E-state index in [4.69, 9.17) is 4.74 Å². The maximum absolute atomic E-state index is 12.0. The summed E-state index contributed by atoms with van der Waals surface area (Å²) in [6, 6.07) is 5.92. The number of thiazole rings is 1. The molecular formula is C20H26N6O2S. The van der Waals surface area contributed by atoms with Gasteiger partial charge in [-0.3, -0.25) is 4.99 Å². The largest absolute Gasteiger partial charge is 0.462 e. The monoisotopic (exact) mass is 414 g/mol. The Morgan fingerprint density at radius 3 is 2.83 bits per heavy atom. The number of aryl methyl sites for hydroxylation is 2. The molecule has 154 valence electrons. The highest BCUT2D eigenvalue weighted by molar-refractivity contribution is 7.13. The quantitative estimate of drug-likeness (QED) is 0.366. The number of nitrogens with one attached hydrogen (secondary N) is 2. The van der Waals surface area contributed by atoms with Crippen LogP contribution in [0.4, 0.5) is 0 Å². The molecule has 0 saturated heterocycles. The number of ether oxygens (including phenoxy) is 1. The summed E-state index contributed by atoms with van der Waals surface area (Å²) < 4.78 is 7.15. The minimum Gasteiger partial charge on any atom is -0.462 e. The van der Waals surface area contributed by atoms with E-state index < -0.39 is 0 Å². The SMILES string of the molecule is CCOC(=O)c1sc(C(C)NC(=NC)NCc2cn3c(C)cccc3n2)nc1C. The standard InChI is InChI=1S/C20H26N6O2S/c1-6-28-19(27)17-13(3)23-18(29-17)14(4)24-20(21-5)22-10-15-11-26-12(2)8-7-9-16(26)25-15/h7-9,11,14H,6,10H2,1-5H3,(H2,21,22,24). The molecule has 3 heterocycles. The maximum atomic E-state index is 12.0. The van der Waals surface area contributed by atoms with Crippen LogP contribution in [0.5, 0.6) is 0 Å². The predicted molar refractivity (Wildman–Crippen MR) is 114 cm³/mol. The molecule has 29 heavy (non-hydrogen) atoms. The van der Waals surface area contributed by atoms with Crippen molar-refractivity contribution < 1.29 is 9.53 Å². The smallest absolute Gasteiger partial charge is 0.350 e. The second-order valence-corrected chi connectivity index (χ2v) is 7.64. The van der Waals surface area contributed by atoms with Gasteiger partial charge in [0, 0.05) is 18.9 Å². The number of carbonyl (C=O) groups is 1. The summed E-state index contributed by atoms with van der Waals surface area (Å²) in [6.07, 6.45) is 2.02. The van der Waals surface area contributed by atoms with Gasteiger partial charge in [-0.25, -0.2) is 14.8 Å². The number of esters is 1. The van der Waals surface area contributed by atoms with Crippen LogP contribution in [0.3, 0.4) is 0 Å². The van der Waals surface area contributed by atoms with Crippen molar-refractivity contribution in [2.24, 2.45) is 4.99 Å². The molecule has 0 saturated carbocycles. The maximum Gasteiger partial charge on any atom is 0.350 e. The zero-order chi connectivity index (χ0) is 21.0. The molecule has 1 unspecified atom stereocenters. The Kier molecular flexibility index (Phi) is 6.48. The van der Waals surface area contributed by atoms with Gasteiger partial charge in [0.25, 0.3) is 0 Å². The first-order chi connectivity index (χ1) is 13.9. The van der Waals surface area contributed by atoms with Crippen molar-refractivity contribution in [2.45, 2.75) is 40.3 Å². The molecule has 3 aromatic rings. The van der Waals surface area contributed by atoms with E-state index in [1.54, 1.807) is 14.0 Å². The van der Waals surface area contributed by atoms with E-state index in [0.717, 1.165) is 22.0 Å². The lowest BCUT2D eigenvalue weighted by Gasteiger charge is -2.15. The zero-order valence-electron chi connectivity index (χ0n) is 17.3. The van der Waals surface area contributed by atoms with Crippen LogP contribution in [0, 0.1) is 13.8 Å². The van der Waals surface area contributed by atoms with Crippen molar-refractivity contribution in [3.8, 4) is 0 Å². The molecule has 3 aromatic heterocycles. The van der Waals surface area contributed by atoms with Crippen LogP contribution < -0.4 is 10.6 Å². The van der Waals surface area contributed by atoms with E-state index >= 15 is 0 Å². The topological polar surface area (TPSA) is 92.9 Å². The van der Waals surface area contributed by atoms with Gasteiger partial charge in [-0.2, -0.15) is 0 Å². The minimum absolute atomic E-state index is 0.114. The molecule has 0 aromatic carbocycles. The number of aromatic nitrogens is 3. The van der Waals surface area contributed by atoms with Crippen molar-refractivity contribution in [3.05, 3.63) is 51.4 Å². The number of nitrogens with zero attached hydrogens (tertiary/aromatic N) is 4. The molecule has 1 atom stereocenters. The Bertz CT molecular complexity index is 1040. The van der Waals surface area contributed by atoms with Crippen LogP contribution in [0.15, 0.2) is 29.4 Å². The molecule has 3 rings (SSSR count). The number of hydrogen-bond acceptors (Lipinski definition) is 6. The molecule has 0 bridgehead atoms. The van der Waals surface area contributed by atoms with Crippen LogP contribution in [0.1, 0.15) is 51.7 Å².